The zero-order valence-corrected chi connectivity index (χ0v) is 19.2. The van der Waals surface area contributed by atoms with Gasteiger partial charge in [-0.2, -0.15) is 0 Å². The van der Waals surface area contributed by atoms with Crippen LogP contribution in [0, 0.1) is 0 Å². The second-order valence-electron chi connectivity index (χ2n) is 6.81. The van der Waals surface area contributed by atoms with E-state index in [1.54, 1.807) is 55.7 Å². The second-order valence-corrected chi connectivity index (χ2v) is 7.72. The van der Waals surface area contributed by atoms with Gasteiger partial charge in [0.05, 0.1) is 12.2 Å². The van der Waals surface area contributed by atoms with E-state index in [1.807, 2.05) is 24.3 Å². The molecule has 2 amide bonds. The molecule has 7 nitrogen and oxygen atoms in total. The highest BCUT2D eigenvalue weighted by Crippen LogP contribution is 2.26. The van der Waals surface area contributed by atoms with Crippen LogP contribution in [0.2, 0.25) is 0 Å². The van der Waals surface area contributed by atoms with Crippen molar-refractivity contribution in [2.24, 2.45) is 0 Å². The topological polar surface area (TPSA) is 89.5 Å². The van der Waals surface area contributed by atoms with Gasteiger partial charge in [0.1, 0.15) is 11.9 Å². The molecule has 1 atom stereocenters. The predicted molar refractivity (Wildman–Crippen MR) is 126 cm³/mol. The molecule has 3 aromatic rings. The fraction of sp³-hybridized carbons (Fsp3) is 0.208. The number of benzene rings is 2. The van der Waals surface area contributed by atoms with Crippen LogP contribution in [0.25, 0.3) is 0 Å². The molecule has 0 aliphatic carbocycles. The highest BCUT2D eigenvalue weighted by Gasteiger charge is 2.15. The average Bonchev–Trinajstić information content (AvgIpc) is 2.80. The van der Waals surface area contributed by atoms with Gasteiger partial charge in [0, 0.05) is 35.5 Å². The molecule has 0 radical (unpaired) electrons. The van der Waals surface area contributed by atoms with E-state index < -0.39 is 0 Å². The Morgan fingerprint density at radius 2 is 1.69 bits per heavy atom. The molecule has 2 aromatic carbocycles. The number of carbonyl (C=O) groups excluding carboxylic acids is 2. The van der Waals surface area contributed by atoms with E-state index >= 15 is 0 Å². The van der Waals surface area contributed by atoms with Gasteiger partial charge in [0.25, 0.3) is 0 Å². The molecule has 2 N–H and O–H groups in total. The van der Waals surface area contributed by atoms with Crippen LogP contribution in [0.4, 0.5) is 10.5 Å². The molecule has 3 rings (SSSR count). The lowest BCUT2D eigenvalue weighted by Crippen LogP contribution is -2.30. The van der Waals surface area contributed by atoms with Crippen molar-refractivity contribution in [2.75, 3.05) is 18.5 Å². The minimum absolute atomic E-state index is 0.294. The summed E-state index contributed by atoms with van der Waals surface area (Å²) in [5.41, 5.74) is 2.10. The number of rotatable bonds is 9. The number of hydrogen-bond donors (Lipinski definition) is 2. The third-order valence-electron chi connectivity index (χ3n) is 4.52. The molecule has 0 spiro atoms. The summed E-state index contributed by atoms with van der Waals surface area (Å²) < 4.78 is 12.2. The second kappa shape index (κ2) is 11.9. The van der Waals surface area contributed by atoms with Gasteiger partial charge >= 0.3 is 12.0 Å². The van der Waals surface area contributed by atoms with Gasteiger partial charge in [-0.3, -0.25) is 4.98 Å². The molecule has 166 valence electrons. The third-order valence-corrected chi connectivity index (χ3v) is 5.04. The number of aromatic nitrogens is 1. The van der Waals surface area contributed by atoms with Gasteiger partial charge < -0.3 is 20.1 Å². The van der Waals surface area contributed by atoms with Crippen LogP contribution in [0.1, 0.15) is 35.4 Å². The first-order valence-corrected chi connectivity index (χ1v) is 11.0. The van der Waals surface area contributed by atoms with Crippen LogP contribution >= 0.6 is 15.9 Å². The molecular formula is C24H24BrN3O4. The maximum absolute atomic E-state index is 12.2. The van der Waals surface area contributed by atoms with Crippen molar-refractivity contribution in [3.05, 3.63) is 88.7 Å². The van der Waals surface area contributed by atoms with Crippen LogP contribution in [-0.4, -0.2) is 30.1 Å². The Labute approximate surface area is 195 Å². The lowest BCUT2D eigenvalue weighted by molar-refractivity contribution is 0.0526. The van der Waals surface area contributed by atoms with Crippen LogP contribution in [-0.2, 0) is 4.74 Å². The number of halogens is 1. The first kappa shape index (κ1) is 23.3. The largest absolute Gasteiger partial charge is 0.486 e. The summed E-state index contributed by atoms with van der Waals surface area (Å²) in [6.07, 6.45) is 3.48. The Kier molecular flexibility index (Phi) is 8.62. The van der Waals surface area contributed by atoms with Gasteiger partial charge in [-0.25, -0.2) is 9.59 Å². The number of pyridine rings is 1. The van der Waals surface area contributed by atoms with Crippen molar-refractivity contribution in [1.82, 2.24) is 10.3 Å². The number of urea groups is 1. The lowest BCUT2D eigenvalue weighted by Gasteiger charge is -2.20. The Morgan fingerprint density at radius 1 is 1.00 bits per heavy atom. The van der Waals surface area contributed by atoms with E-state index in [0.29, 0.717) is 36.6 Å². The van der Waals surface area contributed by atoms with Crippen molar-refractivity contribution >= 4 is 33.6 Å². The summed E-state index contributed by atoms with van der Waals surface area (Å²) in [5.74, 6) is 0.250. The molecule has 8 heteroatoms. The summed E-state index contributed by atoms with van der Waals surface area (Å²) in [7, 11) is 0. The Balaban J connectivity index is 1.63. The molecule has 0 aliphatic rings. The van der Waals surface area contributed by atoms with E-state index in [1.165, 1.54) is 0 Å². The SMILES string of the molecule is CCOC(=O)c1ccc(OC(CCNC(=O)Nc2ccncc2)c2ccc(Br)cc2)cc1. The number of anilines is 1. The van der Waals surface area contributed by atoms with Gasteiger partial charge in [0.2, 0.25) is 0 Å². The number of nitrogens with one attached hydrogen (secondary N) is 2. The van der Waals surface area contributed by atoms with Crippen molar-refractivity contribution in [3.63, 3.8) is 0 Å². The normalized spacial score (nSPS) is 11.3. The Hall–Kier alpha value is -3.39. The molecule has 0 aliphatic heterocycles. The summed E-state index contributed by atoms with van der Waals surface area (Å²) in [6.45, 7) is 2.49. The highest BCUT2D eigenvalue weighted by atomic mass is 79.9. The highest BCUT2D eigenvalue weighted by molar-refractivity contribution is 9.10. The molecule has 0 saturated carbocycles. The van der Waals surface area contributed by atoms with E-state index in [0.717, 1.165) is 10.0 Å². The minimum Gasteiger partial charge on any atom is -0.486 e. The monoisotopic (exact) mass is 497 g/mol. The van der Waals surface area contributed by atoms with Crippen molar-refractivity contribution in [1.29, 1.82) is 0 Å². The fourth-order valence-electron chi connectivity index (χ4n) is 2.95. The Morgan fingerprint density at radius 3 is 2.34 bits per heavy atom. The number of ether oxygens (including phenoxy) is 2. The Bertz CT molecular complexity index is 1010. The molecule has 1 unspecified atom stereocenters. The minimum atomic E-state index is -0.368. The number of amides is 2. The number of carbonyl (C=O) groups is 2. The van der Waals surface area contributed by atoms with Crippen molar-refractivity contribution in [3.8, 4) is 5.75 Å². The maximum Gasteiger partial charge on any atom is 0.338 e. The van der Waals surface area contributed by atoms with E-state index in [9.17, 15) is 9.59 Å². The van der Waals surface area contributed by atoms with Gasteiger partial charge in [-0.05, 0) is 61.0 Å². The third kappa shape index (κ3) is 7.09. The predicted octanol–water partition coefficient (Wildman–Crippen LogP) is 5.35. The zero-order valence-electron chi connectivity index (χ0n) is 17.6. The standard InChI is InChI=1S/C24H24BrN3O4/c1-2-31-23(29)18-5-9-21(10-6-18)32-22(17-3-7-19(25)8-4-17)13-16-27-24(30)28-20-11-14-26-15-12-20/h3-12,14-15,22H,2,13,16H2,1H3,(H2,26,27,28,30). The maximum atomic E-state index is 12.2. The quantitative estimate of drug-likeness (QED) is 0.388. The molecular weight excluding hydrogens is 474 g/mol. The van der Waals surface area contributed by atoms with E-state index in [-0.39, 0.29) is 18.1 Å². The van der Waals surface area contributed by atoms with Crippen molar-refractivity contribution < 1.29 is 19.1 Å². The van der Waals surface area contributed by atoms with Crippen LogP contribution in [0.5, 0.6) is 5.75 Å². The molecule has 1 aromatic heterocycles. The van der Waals surface area contributed by atoms with Crippen LogP contribution in [0.15, 0.2) is 77.5 Å². The van der Waals surface area contributed by atoms with E-state index in [2.05, 4.69) is 31.5 Å². The first-order valence-electron chi connectivity index (χ1n) is 10.2. The first-order chi connectivity index (χ1) is 15.5. The average molecular weight is 498 g/mol. The van der Waals surface area contributed by atoms with Gasteiger partial charge in [-0.1, -0.05) is 28.1 Å². The molecule has 0 saturated heterocycles. The number of esters is 1. The smallest absolute Gasteiger partial charge is 0.338 e. The van der Waals surface area contributed by atoms with Gasteiger partial charge in [-0.15, -0.1) is 0 Å². The molecule has 0 bridgehead atoms. The van der Waals surface area contributed by atoms with Crippen LogP contribution in [0.3, 0.4) is 0 Å². The lowest BCUT2D eigenvalue weighted by atomic mass is 10.1. The van der Waals surface area contributed by atoms with Crippen molar-refractivity contribution in [2.45, 2.75) is 19.4 Å². The van der Waals surface area contributed by atoms with Gasteiger partial charge in [0.15, 0.2) is 0 Å². The summed E-state index contributed by atoms with van der Waals surface area (Å²) in [4.78, 5) is 27.9. The molecule has 0 fully saturated rings. The van der Waals surface area contributed by atoms with Crippen LogP contribution < -0.4 is 15.4 Å². The zero-order chi connectivity index (χ0) is 22.8. The summed E-state index contributed by atoms with van der Waals surface area (Å²) in [5, 5.41) is 5.60. The molecule has 32 heavy (non-hydrogen) atoms. The van der Waals surface area contributed by atoms with E-state index in [4.69, 9.17) is 9.47 Å². The number of hydrogen-bond acceptors (Lipinski definition) is 5. The fourth-order valence-corrected chi connectivity index (χ4v) is 3.21. The molecule has 1 heterocycles. The number of nitrogens with zero attached hydrogens (tertiary/aromatic N) is 1. The summed E-state index contributed by atoms with van der Waals surface area (Å²) in [6, 6.07) is 17.8. The summed E-state index contributed by atoms with van der Waals surface area (Å²) >= 11 is 3.44.